The minimum Gasteiger partial charge on any atom is -0.255 e. The van der Waals surface area contributed by atoms with Gasteiger partial charge in [-0.2, -0.15) is 0 Å². The molecule has 4 nitrogen and oxygen atoms in total. The molecule has 4 heteroatoms. The lowest BCUT2D eigenvalue weighted by Gasteiger charge is -2.14. The van der Waals surface area contributed by atoms with Crippen molar-refractivity contribution < 1.29 is 0 Å². The van der Waals surface area contributed by atoms with Gasteiger partial charge < -0.3 is 0 Å². The van der Waals surface area contributed by atoms with Gasteiger partial charge in [0.15, 0.2) is 0 Å². The number of aromatic nitrogens is 4. The zero-order chi connectivity index (χ0) is 29.3. The molecule has 0 aliphatic rings. The number of nitrogens with zero attached hydrogens (tertiary/aromatic N) is 4. The van der Waals surface area contributed by atoms with E-state index in [9.17, 15) is 0 Å². The van der Waals surface area contributed by atoms with E-state index in [1.165, 1.54) is 10.8 Å². The Kier molecular flexibility index (Phi) is 6.43. The molecule has 0 amide bonds. The van der Waals surface area contributed by atoms with Crippen molar-refractivity contribution >= 4 is 21.7 Å². The Morgan fingerprint density at radius 2 is 1.02 bits per heavy atom. The van der Waals surface area contributed by atoms with Crippen molar-refractivity contribution in [3.8, 4) is 56.3 Å². The van der Waals surface area contributed by atoms with Gasteiger partial charge in [0.05, 0.1) is 34.0 Å². The molecule has 44 heavy (non-hydrogen) atoms. The fourth-order valence-electron chi connectivity index (χ4n) is 5.85. The molecule has 206 valence electrons. The maximum Gasteiger partial charge on any atom is 0.0900 e. The lowest BCUT2D eigenvalue weighted by Crippen LogP contribution is -1.94. The first kappa shape index (κ1) is 25.7. The first-order valence-corrected chi connectivity index (χ1v) is 14.6. The molecule has 0 unspecified atom stereocenters. The highest BCUT2D eigenvalue weighted by Gasteiger charge is 2.15. The standard InChI is InChI=1S/C40H26N4/c1-2-12-28(13-3-1)37-26-33(40-32-16-5-4-11-27(32)19-20-36(40)43-37)30-15-10-14-29(23-30)31-24-38(34-17-6-8-21-41-34)44-39(25-31)35-18-7-9-22-42-35/h1-26H. The number of benzene rings is 4. The maximum absolute atomic E-state index is 5.13. The summed E-state index contributed by atoms with van der Waals surface area (Å²) in [5.74, 6) is 0. The van der Waals surface area contributed by atoms with Gasteiger partial charge in [0.25, 0.3) is 0 Å². The second-order valence-electron chi connectivity index (χ2n) is 10.7. The summed E-state index contributed by atoms with van der Waals surface area (Å²) in [5.41, 5.74) is 10.7. The van der Waals surface area contributed by atoms with Gasteiger partial charge in [-0.25, -0.2) is 9.97 Å². The molecule has 8 rings (SSSR count). The van der Waals surface area contributed by atoms with Crippen LogP contribution in [-0.2, 0) is 0 Å². The van der Waals surface area contributed by atoms with Crippen LogP contribution in [0.5, 0.6) is 0 Å². The van der Waals surface area contributed by atoms with E-state index in [1.54, 1.807) is 12.4 Å². The molecular weight excluding hydrogens is 536 g/mol. The summed E-state index contributed by atoms with van der Waals surface area (Å²) in [6, 6.07) is 50.2. The largest absolute Gasteiger partial charge is 0.255 e. The zero-order valence-electron chi connectivity index (χ0n) is 23.8. The summed E-state index contributed by atoms with van der Waals surface area (Å²) in [7, 11) is 0. The summed E-state index contributed by atoms with van der Waals surface area (Å²) >= 11 is 0. The normalized spacial score (nSPS) is 11.2. The van der Waals surface area contributed by atoms with Gasteiger partial charge >= 0.3 is 0 Å². The Bertz CT molecular complexity index is 2210. The molecule has 4 heterocycles. The molecule has 8 aromatic rings. The van der Waals surface area contributed by atoms with E-state index in [4.69, 9.17) is 9.97 Å². The van der Waals surface area contributed by atoms with Crippen molar-refractivity contribution in [3.05, 3.63) is 158 Å². The molecule has 0 saturated carbocycles. The number of pyridine rings is 4. The van der Waals surface area contributed by atoms with Crippen LogP contribution >= 0.6 is 0 Å². The quantitative estimate of drug-likeness (QED) is 0.196. The molecule has 0 aliphatic carbocycles. The molecule has 0 bridgehead atoms. The van der Waals surface area contributed by atoms with E-state index in [0.717, 1.165) is 67.2 Å². The van der Waals surface area contributed by atoms with E-state index in [1.807, 2.05) is 42.5 Å². The van der Waals surface area contributed by atoms with Crippen LogP contribution in [0, 0.1) is 0 Å². The highest BCUT2D eigenvalue weighted by Crippen LogP contribution is 2.38. The summed E-state index contributed by atoms with van der Waals surface area (Å²) in [4.78, 5) is 19.3. The van der Waals surface area contributed by atoms with Crippen LogP contribution in [0.2, 0.25) is 0 Å². The molecule has 0 fully saturated rings. The third-order valence-corrected chi connectivity index (χ3v) is 7.95. The average molecular weight is 563 g/mol. The minimum absolute atomic E-state index is 0.806. The van der Waals surface area contributed by atoms with Gasteiger partial charge in [-0.3, -0.25) is 9.97 Å². The van der Waals surface area contributed by atoms with Crippen molar-refractivity contribution in [1.29, 1.82) is 0 Å². The van der Waals surface area contributed by atoms with Crippen LogP contribution in [0.25, 0.3) is 78.0 Å². The second-order valence-corrected chi connectivity index (χ2v) is 10.7. The van der Waals surface area contributed by atoms with Gasteiger partial charge in [0.1, 0.15) is 0 Å². The molecule has 0 N–H and O–H groups in total. The number of fused-ring (bicyclic) bond motifs is 3. The van der Waals surface area contributed by atoms with Crippen molar-refractivity contribution in [2.24, 2.45) is 0 Å². The van der Waals surface area contributed by atoms with E-state index >= 15 is 0 Å². The van der Waals surface area contributed by atoms with Crippen molar-refractivity contribution in [2.45, 2.75) is 0 Å². The van der Waals surface area contributed by atoms with E-state index in [2.05, 4.69) is 113 Å². The van der Waals surface area contributed by atoms with Gasteiger partial charge in [-0.15, -0.1) is 0 Å². The van der Waals surface area contributed by atoms with Crippen LogP contribution in [0.4, 0.5) is 0 Å². The Balaban J connectivity index is 1.35. The van der Waals surface area contributed by atoms with E-state index in [-0.39, 0.29) is 0 Å². The number of hydrogen-bond acceptors (Lipinski definition) is 4. The van der Waals surface area contributed by atoms with Crippen molar-refractivity contribution in [3.63, 3.8) is 0 Å². The fraction of sp³-hybridized carbons (Fsp3) is 0. The summed E-state index contributed by atoms with van der Waals surface area (Å²) in [6.45, 7) is 0. The Hall–Kier alpha value is -6.00. The van der Waals surface area contributed by atoms with Crippen LogP contribution in [0.3, 0.4) is 0 Å². The minimum atomic E-state index is 0.806. The average Bonchev–Trinajstić information content (AvgIpc) is 3.12. The molecule has 4 aromatic heterocycles. The van der Waals surface area contributed by atoms with Crippen LogP contribution in [0.1, 0.15) is 0 Å². The molecule has 0 radical (unpaired) electrons. The lowest BCUT2D eigenvalue weighted by atomic mass is 9.92. The Labute approximate surface area is 255 Å². The number of rotatable bonds is 5. The monoisotopic (exact) mass is 562 g/mol. The second kappa shape index (κ2) is 11.0. The third-order valence-electron chi connectivity index (χ3n) is 7.95. The predicted molar refractivity (Wildman–Crippen MR) is 180 cm³/mol. The molecule has 4 aromatic carbocycles. The molecule has 0 atom stereocenters. The smallest absolute Gasteiger partial charge is 0.0900 e. The SMILES string of the molecule is c1ccc(-c2cc(-c3cccc(-c4cc(-c5ccccn5)nc(-c5ccccn5)c4)c3)c3c(ccc4ccccc43)n2)cc1. The topological polar surface area (TPSA) is 51.6 Å². The lowest BCUT2D eigenvalue weighted by molar-refractivity contribution is 1.22. The molecule has 0 aliphatic heterocycles. The van der Waals surface area contributed by atoms with Crippen molar-refractivity contribution in [2.75, 3.05) is 0 Å². The van der Waals surface area contributed by atoms with Gasteiger partial charge in [0, 0.05) is 23.3 Å². The van der Waals surface area contributed by atoms with Gasteiger partial charge in [-0.05, 0) is 87.6 Å². The van der Waals surface area contributed by atoms with Crippen LogP contribution in [-0.4, -0.2) is 19.9 Å². The highest BCUT2D eigenvalue weighted by atomic mass is 14.8. The van der Waals surface area contributed by atoms with E-state index < -0.39 is 0 Å². The first-order valence-electron chi connectivity index (χ1n) is 14.6. The first-order chi connectivity index (χ1) is 21.8. The molecule has 0 saturated heterocycles. The number of hydrogen-bond donors (Lipinski definition) is 0. The summed E-state index contributed by atoms with van der Waals surface area (Å²) in [6.07, 6.45) is 3.60. The van der Waals surface area contributed by atoms with Crippen LogP contribution < -0.4 is 0 Å². The summed E-state index contributed by atoms with van der Waals surface area (Å²) < 4.78 is 0. The summed E-state index contributed by atoms with van der Waals surface area (Å²) in [5, 5.41) is 3.54. The highest BCUT2D eigenvalue weighted by molar-refractivity contribution is 6.14. The van der Waals surface area contributed by atoms with Gasteiger partial charge in [0.2, 0.25) is 0 Å². The molecular formula is C40H26N4. The van der Waals surface area contributed by atoms with Crippen LogP contribution in [0.15, 0.2) is 158 Å². The third kappa shape index (κ3) is 4.79. The Morgan fingerprint density at radius 3 is 1.75 bits per heavy atom. The fourth-order valence-corrected chi connectivity index (χ4v) is 5.85. The predicted octanol–water partition coefficient (Wildman–Crippen LogP) is 9.91. The van der Waals surface area contributed by atoms with Gasteiger partial charge in [-0.1, -0.05) is 91.0 Å². The van der Waals surface area contributed by atoms with E-state index in [0.29, 0.717) is 0 Å². The van der Waals surface area contributed by atoms with Crippen molar-refractivity contribution in [1.82, 2.24) is 19.9 Å². The Morgan fingerprint density at radius 1 is 0.364 bits per heavy atom. The molecule has 0 spiro atoms. The zero-order valence-corrected chi connectivity index (χ0v) is 23.8. The maximum atomic E-state index is 5.13.